The fourth-order valence-corrected chi connectivity index (χ4v) is 4.31. The number of likely N-dealkylation sites (tertiary alicyclic amines) is 1. The van der Waals surface area contributed by atoms with Crippen LogP contribution < -0.4 is 0 Å². The lowest BCUT2D eigenvalue weighted by Gasteiger charge is -2.35. The first kappa shape index (κ1) is 23.9. The Hall–Kier alpha value is -0.160. The molecule has 0 aromatic heterocycles. The molecule has 1 fully saturated rings. The van der Waals surface area contributed by atoms with Gasteiger partial charge in [0.05, 0.1) is 0 Å². The molecule has 26 heavy (non-hydrogen) atoms. The fraction of sp³-hybridized carbons (Fsp3) is 1.00. The molecule has 0 N–H and O–H groups in total. The van der Waals surface area contributed by atoms with Crippen LogP contribution in [-0.2, 0) is 14.2 Å². The van der Waals surface area contributed by atoms with E-state index in [0.717, 1.165) is 12.5 Å². The van der Waals surface area contributed by atoms with Crippen molar-refractivity contribution in [2.75, 3.05) is 34.4 Å². The highest BCUT2D eigenvalue weighted by Crippen LogP contribution is 2.30. The standard InChI is InChI=1S/C22H45NO3/c1-6-7-8-9-10-15-21(19-22(24-3,25-4)26-5)16-13-18-23-17-12-11-14-20(23)2/h20-21H,6-19H2,1-5H3. The van der Waals surface area contributed by atoms with E-state index in [4.69, 9.17) is 14.2 Å². The van der Waals surface area contributed by atoms with Gasteiger partial charge < -0.3 is 19.1 Å². The van der Waals surface area contributed by atoms with Crippen molar-refractivity contribution in [3.8, 4) is 0 Å². The van der Waals surface area contributed by atoms with E-state index in [-0.39, 0.29) is 0 Å². The molecule has 1 saturated heterocycles. The summed E-state index contributed by atoms with van der Waals surface area (Å²) in [5.41, 5.74) is 0. The molecule has 1 aliphatic rings. The molecular weight excluding hydrogens is 326 g/mol. The van der Waals surface area contributed by atoms with Crippen LogP contribution in [0.4, 0.5) is 0 Å². The van der Waals surface area contributed by atoms with Gasteiger partial charge in [-0.15, -0.1) is 0 Å². The highest BCUT2D eigenvalue weighted by Gasteiger charge is 2.33. The van der Waals surface area contributed by atoms with E-state index in [1.54, 1.807) is 21.3 Å². The van der Waals surface area contributed by atoms with Crippen LogP contribution in [0.3, 0.4) is 0 Å². The summed E-state index contributed by atoms with van der Waals surface area (Å²) in [7, 11) is 5.04. The summed E-state index contributed by atoms with van der Waals surface area (Å²) in [5.74, 6) is -0.288. The van der Waals surface area contributed by atoms with Gasteiger partial charge in [-0.05, 0) is 51.6 Å². The molecule has 0 aromatic carbocycles. The molecule has 0 radical (unpaired) electrons. The summed E-state index contributed by atoms with van der Waals surface area (Å²) < 4.78 is 16.7. The van der Waals surface area contributed by atoms with Crippen molar-refractivity contribution in [1.82, 2.24) is 4.90 Å². The van der Waals surface area contributed by atoms with Crippen molar-refractivity contribution < 1.29 is 14.2 Å². The number of unbranched alkanes of at least 4 members (excludes halogenated alkanes) is 4. The summed E-state index contributed by atoms with van der Waals surface area (Å²) in [6, 6.07) is 0.757. The maximum atomic E-state index is 5.57. The van der Waals surface area contributed by atoms with Gasteiger partial charge in [-0.1, -0.05) is 51.9 Å². The summed E-state index contributed by atoms with van der Waals surface area (Å²) in [5, 5.41) is 0. The molecule has 1 heterocycles. The molecule has 0 spiro atoms. The van der Waals surface area contributed by atoms with E-state index < -0.39 is 5.97 Å². The third-order valence-corrected chi connectivity index (χ3v) is 6.19. The zero-order valence-corrected chi connectivity index (χ0v) is 18.2. The van der Waals surface area contributed by atoms with Gasteiger partial charge in [-0.3, -0.25) is 0 Å². The number of piperidine rings is 1. The first-order valence-electron chi connectivity index (χ1n) is 11.0. The molecular formula is C22H45NO3. The molecule has 2 unspecified atom stereocenters. The Morgan fingerprint density at radius 1 is 0.923 bits per heavy atom. The van der Waals surface area contributed by atoms with Gasteiger partial charge in [0.1, 0.15) is 0 Å². The minimum absolute atomic E-state index is 0.594. The second-order valence-corrected chi connectivity index (χ2v) is 8.09. The van der Waals surface area contributed by atoms with Gasteiger partial charge in [0.15, 0.2) is 0 Å². The van der Waals surface area contributed by atoms with Crippen LogP contribution in [0.5, 0.6) is 0 Å². The molecule has 1 rings (SSSR count). The number of rotatable bonds is 15. The average Bonchev–Trinajstić information content (AvgIpc) is 2.67. The van der Waals surface area contributed by atoms with Gasteiger partial charge in [0.25, 0.3) is 5.97 Å². The van der Waals surface area contributed by atoms with Crippen molar-refractivity contribution >= 4 is 0 Å². The van der Waals surface area contributed by atoms with Crippen molar-refractivity contribution in [3.63, 3.8) is 0 Å². The minimum atomic E-state index is -0.882. The van der Waals surface area contributed by atoms with Crippen molar-refractivity contribution in [3.05, 3.63) is 0 Å². The highest BCUT2D eigenvalue weighted by atomic mass is 16.9. The first-order valence-corrected chi connectivity index (χ1v) is 11.0. The van der Waals surface area contributed by atoms with E-state index in [1.807, 2.05) is 0 Å². The molecule has 156 valence electrons. The number of hydrogen-bond donors (Lipinski definition) is 0. The molecule has 0 amide bonds. The zero-order chi connectivity index (χ0) is 19.3. The molecule has 1 aliphatic heterocycles. The van der Waals surface area contributed by atoms with Crippen LogP contribution >= 0.6 is 0 Å². The molecule has 4 nitrogen and oxygen atoms in total. The predicted molar refractivity (Wildman–Crippen MR) is 109 cm³/mol. The van der Waals surface area contributed by atoms with Gasteiger partial charge in [0, 0.05) is 33.8 Å². The van der Waals surface area contributed by atoms with Crippen LogP contribution in [-0.4, -0.2) is 51.3 Å². The van der Waals surface area contributed by atoms with Gasteiger partial charge in [0.2, 0.25) is 0 Å². The van der Waals surface area contributed by atoms with Crippen molar-refractivity contribution in [1.29, 1.82) is 0 Å². The number of nitrogens with zero attached hydrogens (tertiary/aromatic N) is 1. The fourth-order valence-electron chi connectivity index (χ4n) is 4.31. The number of hydrogen-bond acceptors (Lipinski definition) is 4. The van der Waals surface area contributed by atoms with E-state index in [0.29, 0.717) is 5.92 Å². The topological polar surface area (TPSA) is 30.9 Å². The second kappa shape index (κ2) is 13.9. The molecule has 0 saturated carbocycles. The van der Waals surface area contributed by atoms with E-state index in [1.165, 1.54) is 83.7 Å². The smallest absolute Gasteiger partial charge is 0.282 e. The number of methoxy groups -OCH3 is 3. The Morgan fingerprint density at radius 2 is 1.58 bits per heavy atom. The van der Waals surface area contributed by atoms with E-state index in [2.05, 4.69) is 18.7 Å². The van der Waals surface area contributed by atoms with E-state index in [9.17, 15) is 0 Å². The van der Waals surface area contributed by atoms with E-state index >= 15 is 0 Å². The summed E-state index contributed by atoms with van der Waals surface area (Å²) in [6.45, 7) is 7.17. The van der Waals surface area contributed by atoms with Gasteiger partial charge in [-0.25, -0.2) is 0 Å². The second-order valence-electron chi connectivity index (χ2n) is 8.09. The lowest BCUT2D eigenvalue weighted by molar-refractivity contribution is -0.359. The minimum Gasteiger partial charge on any atom is -0.331 e. The normalized spacial score (nSPS) is 20.4. The van der Waals surface area contributed by atoms with Crippen molar-refractivity contribution in [2.45, 2.75) is 103 Å². The van der Waals surface area contributed by atoms with Crippen LogP contribution in [0.15, 0.2) is 0 Å². The first-order chi connectivity index (χ1) is 12.6. The van der Waals surface area contributed by atoms with Crippen LogP contribution in [0, 0.1) is 5.92 Å². The SMILES string of the molecule is CCCCCCCC(CCCN1CCCCC1C)CC(OC)(OC)OC. The summed E-state index contributed by atoms with van der Waals surface area (Å²) in [4.78, 5) is 2.68. The van der Waals surface area contributed by atoms with Gasteiger partial charge >= 0.3 is 0 Å². The maximum Gasteiger partial charge on any atom is 0.282 e. The Balaban J connectivity index is 2.47. The third-order valence-electron chi connectivity index (χ3n) is 6.19. The summed E-state index contributed by atoms with van der Waals surface area (Å²) in [6.07, 6.45) is 15.3. The summed E-state index contributed by atoms with van der Waals surface area (Å²) >= 11 is 0. The monoisotopic (exact) mass is 371 g/mol. The Bertz CT molecular complexity index is 325. The molecule has 0 aliphatic carbocycles. The van der Waals surface area contributed by atoms with Crippen LogP contribution in [0.2, 0.25) is 0 Å². The number of ether oxygens (including phenoxy) is 3. The van der Waals surface area contributed by atoms with Crippen molar-refractivity contribution in [2.24, 2.45) is 5.92 Å². The average molecular weight is 372 g/mol. The highest BCUT2D eigenvalue weighted by molar-refractivity contribution is 4.74. The maximum absolute atomic E-state index is 5.57. The molecule has 0 bridgehead atoms. The lowest BCUT2D eigenvalue weighted by atomic mass is 9.91. The Morgan fingerprint density at radius 3 is 2.19 bits per heavy atom. The quantitative estimate of drug-likeness (QED) is 0.277. The van der Waals surface area contributed by atoms with Crippen LogP contribution in [0.25, 0.3) is 0 Å². The third kappa shape index (κ3) is 8.69. The van der Waals surface area contributed by atoms with Gasteiger partial charge in [-0.2, -0.15) is 0 Å². The Kier molecular flexibility index (Phi) is 12.8. The molecule has 2 atom stereocenters. The molecule has 0 aromatic rings. The molecule has 4 heteroatoms. The predicted octanol–water partition coefficient (Wildman–Crippen LogP) is 5.60. The largest absolute Gasteiger partial charge is 0.331 e. The zero-order valence-electron chi connectivity index (χ0n) is 18.2. The lowest BCUT2D eigenvalue weighted by Crippen LogP contribution is -2.39. The van der Waals surface area contributed by atoms with Crippen LogP contribution in [0.1, 0.15) is 90.9 Å². The Labute approximate surface area is 162 Å².